The molecule has 0 amide bonds. The van der Waals surface area contributed by atoms with Gasteiger partial charge < -0.3 is 9.64 Å². The molecule has 0 atom stereocenters. The highest BCUT2D eigenvalue weighted by atomic mass is 16.5. The number of carbonyl (C=O) groups excluding carboxylic acids is 1. The molecule has 1 saturated heterocycles. The minimum Gasteiger partial charge on any atom is -0.467 e. The van der Waals surface area contributed by atoms with Gasteiger partial charge in [-0.2, -0.15) is 0 Å². The van der Waals surface area contributed by atoms with Gasteiger partial charge in [-0.15, -0.1) is 0 Å². The van der Waals surface area contributed by atoms with Crippen LogP contribution in [-0.4, -0.2) is 61.6 Å². The molecule has 1 rings (SSSR count). The maximum absolute atomic E-state index is 10.0. The second-order valence-corrected chi connectivity index (χ2v) is 4.81. The predicted octanol–water partition coefficient (Wildman–Crippen LogP) is 0.964. The topological polar surface area (TPSA) is 32.8 Å². The number of hydrogen-bond donors (Lipinski definition) is 0. The first kappa shape index (κ1) is 13.5. The van der Waals surface area contributed by atoms with E-state index in [1.165, 1.54) is 25.9 Å². The zero-order chi connectivity index (χ0) is 12.0. The molecule has 0 radical (unpaired) electrons. The highest BCUT2D eigenvalue weighted by Crippen LogP contribution is 2.16. The minimum absolute atomic E-state index is 0.504. The first-order chi connectivity index (χ1) is 7.65. The number of rotatable bonds is 6. The van der Waals surface area contributed by atoms with E-state index in [1.54, 1.807) is 0 Å². The molecule has 0 aromatic carbocycles. The average Bonchev–Trinajstić information content (AvgIpc) is 2.29. The van der Waals surface area contributed by atoms with Crippen LogP contribution in [0, 0.1) is 0 Å². The Morgan fingerprint density at radius 1 is 1.44 bits per heavy atom. The molecule has 94 valence electrons. The summed E-state index contributed by atoms with van der Waals surface area (Å²) in [6.45, 7) is 8.73. The maximum Gasteiger partial charge on any atom is 0.293 e. The van der Waals surface area contributed by atoms with Crippen molar-refractivity contribution in [1.29, 1.82) is 0 Å². The molecule has 0 spiro atoms. The summed E-state index contributed by atoms with van der Waals surface area (Å²) in [5.41, 5.74) is 0. The fourth-order valence-corrected chi connectivity index (χ4v) is 2.27. The lowest BCUT2D eigenvalue weighted by Crippen LogP contribution is -2.46. The molecule has 0 bridgehead atoms. The second kappa shape index (κ2) is 6.86. The van der Waals surface area contributed by atoms with Gasteiger partial charge in [-0.3, -0.25) is 9.69 Å². The Labute approximate surface area is 98.5 Å². The molecule has 4 heteroatoms. The van der Waals surface area contributed by atoms with Gasteiger partial charge in [-0.05, 0) is 46.8 Å². The Bertz CT molecular complexity index is 201. The summed E-state index contributed by atoms with van der Waals surface area (Å²) >= 11 is 0. The van der Waals surface area contributed by atoms with Crippen molar-refractivity contribution in [1.82, 2.24) is 9.80 Å². The molecule has 4 nitrogen and oxygen atoms in total. The van der Waals surface area contributed by atoms with Gasteiger partial charge in [0.2, 0.25) is 0 Å². The van der Waals surface area contributed by atoms with Gasteiger partial charge in [0.1, 0.15) is 6.61 Å². The van der Waals surface area contributed by atoms with Crippen molar-refractivity contribution >= 4 is 6.47 Å². The van der Waals surface area contributed by atoms with Gasteiger partial charge in [0.05, 0.1) is 0 Å². The zero-order valence-electron chi connectivity index (χ0n) is 10.7. The Kier molecular flexibility index (Phi) is 5.77. The molecular weight excluding hydrogens is 204 g/mol. The quantitative estimate of drug-likeness (QED) is 0.501. The second-order valence-electron chi connectivity index (χ2n) is 4.81. The predicted molar refractivity (Wildman–Crippen MR) is 64.4 cm³/mol. The van der Waals surface area contributed by atoms with Crippen LogP contribution in [0.1, 0.15) is 26.7 Å². The van der Waals surface area contributed by atoms with Crippen LogP contribution in [-0.2, 0) is 9.53 Å². The van der Waals surface area contributed by atoms with Crippen LogP contribution >= 0.6 is 0 Å². The fourth-order valence-electron chi connectivity index (χ4n) is 2.27. The van der Waals surface area contributed by atoms with Gasteiger partial charge in [0.15, 0.2) is 0 Å². The summed E-state index contributed by atoms with van der Waals surface area (Å²) < 4.78 is 4.72. The summed E-state index contributed by atoms with van der Waals surface area (Å²) in [6, 6.07) is 1.30. The zero-order valence-corrected chi connectivity index (χ0v) is 10.7. The van der Waals surface area contributed by atoms with E-state index in [9.17, 15) is 4.79 Å². The molecule has 0 unspecified atom stereocenters. The van der Waals surface area contributed by atoms with Crippen LogP contribution in [0.25, 0.3) is 0 Å². The van der Waals surface area contributed by atoms with Gasteiger partial charge in [0.25, 0.3) is 6.47 Å². The Balaban J connectivity index is 2.22. The van der Waals surface area contributed by atoms with E-state index in [2.05, 4.69) is 30.7 Å². The lowest BCUT2D eigenvalue weighted by Gasteiger charge is -2.38. The number of hydrogen-bond acceptors (Lipinski definition) is 4. The van der Waals surface area contributed by atoms with Gasteiger partial charge in [0, 0.05) is 18.6 Å². The van der Waals surface area contributed by atoms with Crippen LogP contribution in [0.2, 0.25) is 0 Å². The van der Waals surface area contributed by atoms with Crippen molar-refractivity contribution in [2.75, 3.05) is 33.3 Å². The van der Waals surface area contributed by atoms with Crippen LogP contribution < -0.4 is 0 Å². The lowest BCUT2D eigenvalue weighted by molar-refractivity contribution is -0.129. The highest BCUT2D eigenvalue weighted by molar-refractivity contribution is 5.36. The number of piperidine rings is 1. The van der Waals surface area contributed by atoms with Crippen LogP contribution in [0.3, 0.4) is 0 Å². The van der Waals surface area contributed by atoms with E-state index >= 15 is 0 Å². The Hall–Kier alpha value is -0.610. The van der Waals surface area contributed by atoms with Crippen molar-refractivity contribution in [2.24, 2.45) is 0 Å². The molecule has 1 aliphatic heterocycles. The standard InChI is InChI=1S/C12H24N2O2/c1-11(2)14-6-4-12(5-7-14)13(3)8-9-16-10-15/h10-12H,4-9H2,1-3H3. The third kappa shape index (κ3) is 4.10. The third-order valence-corrected chi connectivity index (χ3v) is 3.48. The van der Waals surface area contributed by atoms with E-state index in [4.69, 9.17) is 4.74 Å². The molecule has 0 N–H and O–H groups in total. The number of ether oxygens (including phenoxy) is 1. The van der Waals surface area contributed by atoms with Gasteiger partial charge in [-0.25, -0.2) is 0 Å². The average molecular weight is 228 g/mol. The molecule has 1 fully saturated rings. The molecule has 16 heavy (non-hydrogen) atoms. The Morgan fingerprint density at radius 3 is 2.56 bits per heavy atom. The molecule has 1 heterocycles. The normalized spacial score (nSPS) is 19.3. The van der Waals surface area contributed by atoms with Gasteiger partial charge in [-0.1, -0.05) is 0 Å². The van der Waals surface area contributed by atoms with Crippen molar-refractivity contribution in [2.45, 2.75) is 38.8 Å². The maximum atomic E-state index is 10.0. The number of carbonyl (C=O) groups is 1. The first-order valence-electron chi connectivity index (χ1n) is 6.14. The first-order valence-corrected chi connectivity index (χ1v) is 6.14. The van der Waals surface area contributed by atoms with Crippen LogP contribution in [0.4, 0.5) is 0 Å². The van der Waals surface area contributed by atoms with Crippen molar-refractivity contribution < 1.29 is 9.53 Å². The summed E-state index contributed by atoms with van der Waals surface area (Å²) in [6.07, 6.45) is 2.44. The molecule has 0 aromatic heterocycles. The summed E-state index contributed by atoms with van der Waals surface area (Å²) in [4.78, 5) is 14.9. The molecular formula is C12H24N2O2. The van der Waals surface area contributed by atoms with E-state index in [-0.39, 0.29) is 0 Å². The fraction of sp³-hybridized carbons (Fsp3) is 0.917. The summed E-state index contributed by atoms with van der Waals surface area (Å²) in [5, 5.41) is 0. The highest BCUT2D eigenvalue weighted by Gasteiger charge is 2.23. The molecule has 1 aliphatic rings. The molecule has 0 aromatic rings. The summed E-state index contributed by atoms with van der Waals surface area (Å²) in [5.74, 6) is 0. The van der Waals surface area contributed by atoms with Crippen molar-refractivity contribution in [3.8, 4) is 0 Å². The molecule has 0 aliphatic carbocycles. The van der Waals surface area contributed by atoms with E-state index in [0.29, 0.717) is 25.2 Å². The largest absolute Gasteiger partial charge is 0.467 e. The van der Waals surface area contributed by atoms with Crippen LogP contribution in [0.15, 0.2) is 0 Å². The number of likely N-dealkylation sites (tertiary alicyclic amines) is 1. The number of nitrogens with zero attached hydrogens (tertiary/aromatic N) is 2. The van der Waals surface area contributed by atoms with Crippen LogP contribution in [0.5, 0.6) is 0 Å². The molecule has 0 saturated carbocycles. The minimum atomic E-state index is 0.504. The third-order valence-electron chi connectivity index (χ3n) is 3.48. The van der Waals surface area contributed by atoms with Gasteiger partial charge >= 0.3 is 0 Å². The van der Waals surface area contributed by atoms with E-state index < -0.39 is 0 Å². The van der Waals surface area contributed by atoms with E-state index in [0.717, 1.165) is 6.54 Å². The van der Waals surface area contributed by atoms with E-state index in [1.807, 2.05) is 0 Å². The number of likely N-dealkylation sites (N-methyl/N-ethyl adjacent to an activating group) is 1. The lowest BCUT2D eigenvalue weighted by atomic mass is 10.0. The SMILES string of the molecule is CC(C)N1CCC(N(C)CCOC=O)CC1. The summed E-state index contributed by atoms with van der Waals surface area (Å²) in [7, 11) is 2.11. The smallest absolute Gasteiger partial charge is 0.293 e. The Morgan fingerprint density at radius 2 is 2.06 bits per heavy atom. The monoisotopic (exact) mass is 228 g/mol. The van der Waals surface area contributed by atoms with Crippen molar-refractivity contribution in [3.63, 3.8) is 0 Å². The van der Waals surface area contributed by atoms with Crippen molar-refractivity contribution in [3.05, 3.63) is 0 Å².